The molecule has 0 amide bonds. The summed E-state index contributed by atoms with van der Waals surface area (Å²) in [5.41, 5.74) is 4.71. The van der Waals surface area contributed by atoms with Gasteiger partial charge >= 0.3 is 12.6 Å². The van der Waals surface area contributed by atoms with Crippen LogP contribution in [0.15, 0.2) is 18.2 Å². The summed E-state index contributed by atoms with van der Waals surface area (Å²) < 4.78 is 39.6. The molecule has 0 fully saturated rings. The number of benzene rings is 1. The number of nitrogen functional groups attached to an aromatic ring is 1. The number of ether oxygens (including phenoxy) is 1. The molecule has 14 heavy (non-hydrogen) atoms. The largest absolute Gasteiger partial charge is 0.399 e. The number of rotatable bonds is 2. The maximum absolute atomic E-state index is 12.9. The molecular weight excluding hydrogens is 199 g/mol. The highest BCUT2D eigenvalue weighted by molar-refractivity contribution is 5.90. The van der Waals surface area contributed by atoms with Crippen LogP contribution in [0, 0.1) is 5.82 Å². The van der Waals surface area contributed by atoms with Crippen molar-refractivity contribution in [3.63, 3.8) is 0 Å². The van der Waals surface area contributed by atoms with Gasteiger partial charge in [0, 0.05) is 5.69 Å². The zero-order valence-corrected chi connectivity index (χ0v) is 6.84. The molecule has 1 aromatic carbocycles. The second-order valence-corrected chi connectivity index (χ2v) is 2.41. The van der Waals surface area contributed by atoms with Crippen molar-refractivity contribution in [1.29, 1.82) is 0 Å². The number of anilines is 1. The molecule has 0 spiro atoms. The SMILES string of the molecule is Nc1ccc(C(=O)OC(F)F)c(F)c1. The van der Waals surface area contributed by atoms with Gasteiger partial charge in [-0.05, 0) is 18.2 Å². The van der Waals surface area contributed by atoms with Gasteiger partial charge in [0.1, 0.15) is 5.82 Å². The molecule has 0 aliphatic rings. The fourth-order valence-electron chi connectivity index (χ4n) is 0.841. The third-order valence-electron chi connectivity index (χ3n) is 1.41. The van der Waals surface area contributed by atoms with Gasteiger partial charge in [-0.15, -0.1) is 0 Å². The van der Waals surface area contributed by atoms with Gasteiger partial charge in [0.05, 0.1) is 5.56 Å². The minimum atomic E-state index is -3.26. The first-order valence-corrected chi connectivity index (χ1v) is 3.55. The summed E-state index contributed by atoms with van der Waals surface area (Å²) in [5.74, 6) is -2.41. The highest BCUT2D eigenvalue weighted by Gasteiger charge is 2.17. The summed E-state index contributed by atoms with van der Waals surface area (Å²) in [6.45, 7) is -3.26. The quantitative estimate of drug-likeness (QED) is 0.591. The van der Waals surface area contributed by atoms with Gasteiger partial charge in [0.25, 0.3) is 0 Å². The fraction of sp³-hybridized carbons (Fsp3) is 0.125. The van der Waals surface area contributed by atoms with Gasteiger partial charge in [-0.25, -0.2) is 9.18 Å². The Morgan fingerprint density at radius 1 is 1.43 bits per heavy atom. The van der Waals surface area contributed by atoms with Crippen LogP contribution >= 0.6 is 0 Å². The van der Waals surface area contributed by atoms with Gasteiger partial charge in [-0.3, -0.25) is 0 Å². The molecule has 2 N–H and O–H groups in total. The Labute approximate surface area is 77.3 Å². The Kier molecular flexibility index (Phi) is 2.95. The number of nitrogens with two attached hydrogens (primary N) is 1. The van der Waals surface area contributed by atoms with Crippen LogP contribution in [0.5, 0.6) is 0 Å². The summed E-state index contributed by atoms with van der Waals surface area (Å²) in [7, 11) is 0. The molecule has 0 unspecified atom stereocenters. The second kappa shape index (κ2) is 3.99. The summed E-state index contributed by atoms with van der Waals surface area (Å²) in [6.07, 6.45) is 0. The Balaban J connectivity index is 2.90. The number of alkyl halides is 2. The molecule has 1 aromatic rings. The lowest BCUT2D eigenvalue weighted by Gasteiger charge is -2.04. The first-order valence-electron chi connectivity index (χ1n) is 3.55. The van der Waals surface area contributed by atoms with Crippen LogP contribution in [0.2, 0.25) is 0 Å². The molecule has 3 nitrogen and oxygen atoms in total. The molecule has 0 saturated carbocycles. The van der Waals surface area contributed by atoms with Crippen LogP contribution < -0.4 is 5.73 Å². The summed E-state index contributed by atoms with van der Waals surface area (Å²) >= 11 is 0. The van der Waals surface area contributed by atoms with Gasteiger partial charge in [0.15, 0.2) is 0 Å². The van der Waals surface area contributed by atoms with Gasteiger partial charge < -0.3 is 10.5 Å². The van der Waals surface area contributed by atoms with Crippen LogP contribution in [0.1, 0.15) is 10.4 Å². The number of esters is 1. The Hall–Kier alpha value is -1.72. The van der Waals surface area contributed by atoms with Crippen molar-refractivity contribution in [2.75, 3.05) is 5.73 Å². The Bertz CT molecular complexity index is 354. The molecule has 0 heterocycles. The number of carbonyl (C=O) groups is 1. The van der Waals surface area contributed by atoms with Crippen LogP contribution in [-0.4, -0.2) is 12.6 Å². The van der Waals surface area contributed by atoms with E-state index < -0.39 is 24.0 Å². The van der Waals surface area contributed by atoms with Gasteiger partial charge in [0.2, 0.25) is 0 Å². The zero-order valence-electron chi connectivity index (χ0n) is 6.84. The first-order chi connectivity index (χ1) is 6.50. The van der Waals surface area contributed by atoms with Crippen molar-refractivity contribution in [1.82, 2.24) is 0 Å². The highest BCUT2D eigenvalue weighted by Crippen LogP contribution is 2.14. The molecule has 0 aliphatic heterocycles. The average molecular weight is 205 g/mol. The number of carbonyl (C=O) groups excluding carboxylic acids is 1. The van der Waals surface area contributed by atoms with Crippen LogP contribution in [0.3, 0.4) is 0 Å². The molecule has 6 heteroatoms. The summed E-state index contributed by atoms with van der Waals surface area (Å²) in [5, 5.41) is 0. The maximum Gasteiger partial charge on any atom is 0.389 e. The molecule has 0 bridgehead atoms. The van der Waals surface area contributed by atoms with Crippen LogP contribution in [0.4, 0.5) is 18.9 Å². The van der Waals surface area contributed by atoms with E-state index in [1.54, 1.807) is 0 Å². The maximum atomic E-state index is 12.9. The number of hydrogen-bond acceptors (Lipinski definition) is 3. The third kappa shape index (κ3) is 2.38. The molecule has 0 atom stereocenters. The lowest BCUT2D eigenvalue weighted by Crippen LogP contribution is -2.11. The average Bonchev–Trinajstić information content (AvgIpc) is 2.01. The summed E-state index contributed by atoms with van der Waals surface area (Å²) in [4.78, 5) is 10.8. The number of halogens is 3. The van der Waals surface area contributed by atoms with Crippen LogP contribution in [-0.2, 0) is 4.74 Å². The molecule has 0 aromatic heterocycles. The lowest BCUT2D eigenvalue weighted by atomic mass is 10.2. The fourth-order valence-corrected chi connectivity index (χ4v) is 0.841. The highest BCUT2D eigenvalue weighted by atomic mass is 19.3. The van der Waals surface area contributed by atoms with Crippen molar-refractivity contribution in [2.24, 2.45) is 0 Å². The minimum absolute atomic E-state index is 0.0936. The van der Waals surface area contributed by atoms with E-state index in [9.17, 15) is 18.0 Å². The van der Waals surface area contributed by atoms with E-state index in [-0.39, 0.29) is 5.69 Å². The molecule has 0 radical (unpaired) electrons. The summed E-state index contributed by atoms with van der Waals surface area (Å²) in [6, 6.07) is 3.04. The predicted octanol–water partition coefficient (Wildman–Crippen LogP) is 1.79. The lowest BCUT2D eigenvalue weighted by molar-refractivity contribution is -0.0908. The van der Waals surface area contributed by atoms with E-state index in [4.69, 9.17) is 5.73 Å². The molecular formula is C8H6F3NO2. The van der Waals surface area contributed by atoms with Crippen molar-refractivity contribution >= 4 is 11.7 Å². The van der Waals surface area contributed by atoms with Crippen molar-refractivity contribution in [3.8, 4) is 0 Å². The molecule has 0 aliphatic carbocycles. The minimum Gasteiger partial charge on any atom is -0.399 e. The van der Waals surface area contributed by atoms with Crippen LogP contribution in [0.25, 0.3) is 0 Å². The van der Waals surface area contributed by atoms with E-state index in [2.05, 4.69) is 4.74 Å². The van der Waals surface area contributed by atoms with Gasteiger partial charge in [-0.2, -0.15) is 8.78 Å². The zero-order chi connectivity index (χ0) is 10.7. The predicted molar refractivity (Wildman–Crippen MR) is 42.2 cm³/mol. The van der Waals surface area contributed by atoms with E-state index in [0.717, 1.165) is 12.1 Å². The smallest absolute Gasteiger partial charge is 0.389 e. The van der Waals surface area contributed by atoms with E-state index in [0.29, 0.717) is 0 Å². The number of hydrogen-bond donors (Lipinski definition) is 1. The monoisotopic (exact) mass is 205 g/mol. The van der Waals surface area contributed by atoms with E-state index >= 15 is 0 Å². The van der Waals surface area contributed by atoms with Crippen molar-refractivity contribution in [2.45, 2.75) is 6.61 Å². The topological polar surface area (TPSA) is 52.3 Å². The van der Waals surface area contributed by atoms with E-state index in [1.165, 1.54) is 6.07 Å². The van der Waals surface area contributed by atoms with Crippen molar-refractivity contribution in [3.05, 3.63) is 29.6 Å². The Morgan fingerprint density at radius 2 is 2.07 bits per heavy atom. The standard InChI is InChI=1S/C8H6F3NO2/c9-6-3-4(12)1-2-5(6)7(13)14-8(10)11/h1-3,8H,12H2. The molecule has 0 saturated heterocycles. The normalized spacial score (nSPS) is 10.3. The van der Waals surface area contributed by atoms with Crippen molar-refractivity contribution < 1.29 is 22.7 Å². The second-order valence-electron chi connectivity index (χ2n) is 2.41. The first kappa shape index (κ1) is 10.4. The molecule has 1 rings (SSSR count). The molecule has 76 valence electrons. The van der Waals surface area contributed by atoms with E-state index in [1.807, 2.05) is 0 Å². The Morgan fingerprint density at radius 3 is 2.57 bits per heavy atom. The van der Waals surface area contributed by atoms with Gasteiger partial charge in [-0.1, -0.05) is 0 Å². The third-order valence-corrected chi connectivity index (χ3v) is 1.41.